The Bertz CT molecular complexity index is 492. The number of amides is 1. The Labute approximate surface area is 104 Å². The first kappa shape index (κ1) is 12.8. The summed E-state index contributed by atoms with van der Waals surface area (Å²) in [6, 6.07) is 0.0730. The summed E-state index contributed by atoms with van der Waals surface area (Å²) in [7, 11) is 0. The number of aliphatic hydroxyl groups is 1. The molecule has 0 saturated heterocycles. The molecule has 1 aliphatic rings. The molecule has 18 heavy (non-hydrogen) atoms. The van der Waals surface area contributed by atoms with Gasteiger partial charge in [-0.05, 0) is 26.7 Å². The molecule has 0 spiro atoms. The molecule has 1 aromatic rings. The number of aryl methyl sites for hydroxylation is 2. The highest BCUT2D eigenvalue weighted by atomic mass is 16.3. The van der Waals surface area contributed by atoms with E-state index in [1.54, 1.807) is 13.8 Å². The molecule has 0 atom stereocenters. The maximum atomic E-state index is 11.8. The molecule has 6 heteroatoms. The smallest absolute Gasteiger partial charge is 0.345 e. The van der Waals surface area contributed by atoms with Crippen LogP contribution in [0.4, 0.5) is 0 Å². The number of H-pyrrole nitrogens is 1. The Morgan fingerprint density at radius 1 is 1.50 bits per heavy atom. The third-order valence-electron chi connectivity index (χ3n) is 3.27. The van der Waals surface area contributed by atoms with E-state index in [0.717, 1.165) is 5.56 Å². The largest absolute Gasteiger partial charge is 0.393 e. The molecule has 6 nitrogen and oxygen atoms in total. The quantitative estimate of drug-likeness (QED) is 0.679. The Balaban J connectivity index is 2.01. The zero-order chi connectivity index (χ0) is 13.3. The van der Waals surface area contributed by atoms with E-state index in [2.05, 4.69) is 15.3 Å². The Kier molecular flexibility index (Phi) is 3.47. The van der Waals surface area contributed by atoms with Crippen LogP contribution in [0.1, 0.15) is 29.8 Å². The summed E-state index contributed by atoms with van der Waals surface area (Å²) in [4.78, 5) is 29.3. The van der Waals surface area contributed by atoms with Crippen LogP contribution in [-0.2, 0) is 11.2 Å². The number of nitrogens with zero attached hydrogens (tertiary/aromatic N) is 1. The first-order chi connectivity index (χ1) is 8.45. The fourth-order valence-electron chi connectivity index (χ4n) is 2.16. The molecule has 2 rings (SSSR count). The molecule has 1 fully saturated rings. The third kappa shape index (κ3) is 2.76. The van der Waals surface area contributed by atoms with Gasteiger partial charge in [0.2, 0.25) is 5.91 Å². The normalized spacial score (nSPS) is 22.4. The van der Waals surface area contributed by atoms with Crippen LogP contribution in [0.5, 0.6) is 0 Å². The molecule has 0 aromatic carbocycles. The number of carbonyl (C=O) groups excluding carboxylic acids is 1. The van der Waals surface area contributed by atoms with Gasteiger partial charge in [-0.3, -0.25) is 4.79 Å². The lowest BCUT2D eigenvalue weighted by atomic mass is 9.89. The van der Waals surface area contributed by atoms with E-state index in [1.165, 1.54) is 0 Å². The lowest BCUT2D eigenvalue weighted by molar-refractivity contribution is -0.122. The molecule has 0 aliphatic heterocycles. The molecule has 1 amide bonds. The van der Waals surface area contributed by atoms with Crippen LogP contribution < -0.4 is 11.0 Å². The molecule has 1 heterocycles. The number of rotatable bonds is 3. The maximum Gasteiger partial charge on any atom is 0.345 e. The minimum absolute atomic E-state index is 0.0730. The van der Waals surface area contributed by atoms with Crippen molar-refractivity contribution in [3.8, 4) is 0 Å². The Morgan fingerprint density at radius 2 is 2.17 bits per heavy atom. The van der Waals surface area contributed by atoms with E-state index in [-0.39, 0.29) is 24.5 Å². The fourth-order valence-corrected chi connectivity index (χ4v) is 2.16. The van der Waals surface area contributed by atoms with Crippen LogP contribution in [0.2, 0.25) is 0 Å². The number of aromatic amines is 1. The number of hydrogen-bond acceptors (Lipinski definition) is 4. The lowest BCUT2D eigenvalue weighted by Crippen LogP contribution is -2.47. The van der Waals surface area contributed by atoms with Crippen LogP contribution in [0, 0.1) is 13.8 Å². The van der Waals surface area contributed by atoms with E-state index in [4.69, 9.17) is 5.11 Å². The first-order valence-electron chi connectivity index (χ1n) is 5.99. The Hall–Kier alpha value is -1.69. The van der Waals surface area contributed by atoms with Gasteiger partial charge in [-0.25, -0.2) is 4.79 Å². The number of hydrogen-bond donors (Lipinski definition) is 3. The maximum absolute atomic E-state index is 11.8. The van der Waals surface area contributed by atoms with Crippen molar-refractivity contribution < 1.29 is 9.90 Å². The molecular formula is C12H17N3O3. The standard InChI is InChI=1S/C12H17N3O3/c1-6-10(7(2)14-12(18)13-6)5-11(17)15-8-3-9(16)4-8/h8-9,16H,3-5H2,1-2H3,(H,15,17)(H,13,14,18). The lowest BCUT2D eigenvalue weighted by Gasteiger charge is -2.32. The summed E-state index contributed by atoms with van der Waals surface area (Å²) in [5.74, 6) is -0.105. The topological polar surface area (TPSA) is 95.1 Å². The summed E-state index contributed by atoms with van der Waals surface area (Å²) in [6.07, 6.45) is 1.16. The van der Waals surface area contributed by atoms with Crippen LogP contribution in [0.25, 0.3) is 0 Å². The highest BCUT2D eigenvalue weighted by Gasteiger charge is 2.28. The highest BCUT2D eigenvalue weighted by Crippen LogP contribution is 2.19. The molecule has 1 saturated carbocycles. The van der Waals surface area contributed by atoms with Gasteiger partial charge in [0.25, 0.3) is 0 Å². The molecule has 98 valence electrons. The van der Waals surface area contributed by atoms with Gasteiger partial charge in [0.1, 0.15) is 0 Å². The number of carbonyl (C=O) groups is 1. The fraction of sp³-hybridized carbons (Fsp3) is 0.583. The van der Waals surface area contributed by atoms with Gasteiger partial charge in [0, 0.05) is 23.0 Å². The van der Waals surface area contributed by atoms with Crippen LogP contribution in [-0.4, -0.2) is 33.1 Å². The van der Waals surface area contributed by atoms with Crippen LogP contribution >= 0.6 is 0 Å². The molecule has 0 unspecified atom stereocenters. The average molecular weight is 251 g/mol. The van der Waals surface area contributed by atoms with Gasteiger partial charge in [0.05, 0.1) is 12.5 Å². The van der Waals surface area contributed by atoms with Crippen molar-refractivity contribution in [2.75, 3.05) is 0 Å². The van der Waals surface area contributed by atoms with Crippen molar-refractivity contribution in [2.24, 2.45) is 0 Å². The second-order valence-corrected chi connectivity index (χ2v) is 4.80. The predicted molar refractivity (Wildman–Crippen MR) is 65.2 cm³/mol. The van der Waals surface area contributed by atoms with E-state index in [9.17, 15) is 9.59 Å². The second kappa shape index (κ2) is 4.89. The zero-order valence-corrected chi connectivity index (χ0v) is 10.5. The van der Waals surface area contributed by atoms with Gasteiger partial charge in [-0.1, -0.05) is 0 Å². The molecule has 3 N–H and O–H groups in total. The SMILES string of the molecule is Cc1nc(=O)[nH]c(C)c1CC(=O)NC1CC(O)C1. The average Bonchev–Trinajstić information content (AvgIpc) is 2.21. The number of aromatic nitrogens is 2. The van der Waals surface area contributed by atoms with Gasteiger partial charge in [-0.2, -0.15) is 4.98 Å². The number of nitrogens with one attached hydrogen (secondary N) is 2. The summed E-state index contributed by atoms with van der Waals surface area (Å²) < 4.78 is 0. The van der Waals surface area contributed by atoms with Gasteiger partial charge >= 0.3 is 5.69 Å². The molecule has 1 aromatic heterocycles. The van der Waals surface area contributed by atoms with Crippen molar-refractivity contribution in [1.29, 1.82) is 0 Å². The van der Waals surface area contributed by atoms with Crippen molar-refractivity contribution in [3.63, 3.8) is 0 Å². The summed E-state index contributed by atoms with van der Waals surface area (Å²) >= 11 is 0. The molecule has 0 radical (unpaired) electrons. The minimum Gasteiger partial charge on any atom is -0.393 e. The van der Waals surface area contributed by atoms with Crippen molar-refractivity contribution in [2.45, 2.75) is 45.3 Å². The highest BCUT2D eigenvalue weighted by molar-refractivity contribution is 5.79. The molecule has 0 bridgehead atoms. The van der Waals surface area contributed by atoms with Gasteiger partial charge < -0.3 is 15.4 Å². The summed E-state index contributed by atoms with van der Waals surface area (Å²) in [5.41, 5.74) is 1.62. The molecule has 1 aliphatic carbocycles. The zero-order valence-electron chi connectivity index (χ0n) is 10.5. The summed E-state index contributed by atoms with van der Waals surface area (Å²) in [5, 5.41) is 12.0. The van der Waals surface area contributed by atoms with E-state index >= 15 is 0 Å². The van der Waals surface area contributed by atoms with E-state index < -0.39 is 5.69 Å². The van der Waals surface area contributed by atoms with E-state index in [0.29, 0.717) is 24.2 Å². The first-order valence-corrected chi connectivity index (χ1v) is 5.99. The monoisotopic (exact) mass is 251 g/mol. The van der Waals surface area contributed by atoms with Crippen LogP contribution in [0.3, 0.4) is 0 Å². The molecular weight excluding hydrogens is 234 g/mol. The third-order valence-corrected chi connectivity index (χ3v) is 3.27. The van der Waals surface area contributed by atoms with Crippen molar-refractivity contribution in [3.05, 3.63) is 27.4 Å². The van der Waals surface area contributed by atoms with E-state index in [1.807, 2.05) is 0 Å². The van der Waals surface area contributed by atoms with Gasteiger partial charge in [-0.15, -0.1) is 0 Å². The second-order valence-electron chi connectivity index (χ2n) is 4.80. The number of aliphatic hydroxyl groups excluding tert-OH is 1. The van der Waals surface area contributed by atoms with Crippen molar-refractivity contribution >= 4 is 5.91 Å². The van der Waals surface area contributed by atoms with Crippen molar-refractivity contribution in [1.82, 2.24) is 15.3 Å². The predicted octanol–water partition coefficient (Wildman–Crippen LogP) is -0.431. The summed E-state index contributed by atoms with van der Waals surface area (Å²) in [6.45, 7) is 3.48. The Morgan fingerprint density at radius 3 is 2.72 bits per heavy atom. The minimum atomic E-state index is -0.392. The van der Waals surface area contributed by atoms with Gasteiger partial charge in [0.15, 0.2) is 0 Å². The van der Waals surface area contributed by atoms with Crippen LogP contribution in [0.15, 0.2) is 4.79 Å².